The number of nitrogens with zero attached hydrogens (tertiary/aromatic N) is 4. The third kappa shape index (κ3) is 3.60. The normalized spacial score (nSPS) is 21.7. The van der Waals surface area contributed by atoms with Crippen molar-refractivity contribution in [2.75, 3.05) is 32.8 Å². The molecule has 0 aliphatic carbocycles. The number of ether oxygens (including phenoxy) is 1. The molecule has 0 radical (unpaired) electrons. The molecule has 4 rings (SSSR count). The molecule has 1 amide bonds. The van der Waals surface area contributed by atoms with Crippen molar-refractivity contribution in [1.29, 1.82) is 0 Å². The lowest BCUT2D eigenvalue weighted by Crippen LogP contribution is -2.42. The highest BCUT2D eigenvalue weighted by Crippen LogP contribution is 2.28. The number of carbonyl (C=O) groups is 1. The van der Waals surface area contributed by atoms with Gasteiger partial charge in [0.05, 0.1) is 25.4 Å². The molecule has 3 heterocycles. The molecule has 1 atom stereocenters. The Morgan fingerprint density at radius 1 is 1.27 bits per heavy atom. The van der Waals surface area contributed by atoms with Crippen LogP contribution in [-0.2, 0) is 4.74 Å². The fourth-order valence-electron chi connectivity index (χ4n) is 3.54. The lowest BCUT2D eigenvalue weighted by molar-refractivity contribution is -0.0229. The first-order valence-corrected chi connectivity index (χ1v) is 9.38. The molecule has 2 aliphatic rings. The van der Waals surface area contributed by atoms with Crippen molar-refractivity contribution in [3.05, 3.63) is 46.7 Å². The van der Waals surface area contributed by atoms with Crippen LogP contribution in [0.1, 0.15) is 41.0 Å². The molecule has 7 nitrogen and oxygen atoms in total. The minimum atomic E-state index is -0.221. The molecule has 1 N–H and O–H groups in total. The van der Waals surface area contributed by atoms with Gasteiger partial charge in [0.15, 0.2) is 5.69 Å². The highest BCUT2D eigenvalue weighted by atomic mass is 35.5. The molecule has 26 heavy (non-hydrogen) atoms. The van der Waals surface area contributed by atoms with E-state index in [4.69, 9.17) is 16.3 Å². The molecule has 1 aromatic heterocycles. The van der Waals surface area contributed by atoms with Gasteiger partial charge in [0.1, 0.15) is 6.10 Å². The Hall–Kier alpha value is -1.96. The minimum absolute atomic E-state index is 0.106. The Labute approximate surface area is 157 Å². The van der Waals surface area contributed by atoms with Gasteiger partial charge in [-0.3, -0.25) is 4.79 Å². The van der Waals surface area contributed by atoms with Crippen LogP contribution >= 0.6 is 11.6 Å². The van der Waals surface area contributed by atoms with Crippen molar-refractivity contribution in [2.45, 2.75) is 25.0 Å². The summed E-state index contributed by atoms with van der Waals surface area (Å²) in [6.07, 6.45) is 3.56. The van der Waals surface area contributed by atoms with Crippen molar-refractivity contribution in [3.63, 3.8) is 0 Å². The summed E-state index contributed by atoms with van der Waals surface area (Å²) >= 11 is 6.28. The van der Waals surface area contributed by atoms with E-state index in [-0.39, 0.29) is 12.0 Å². The summed E-state index contributed by atoms with van der Waals surface area (Å²) in [4.78, 5) is 14.6. The summed E-state index contributed by atoms with van der Waals surface area (Å²) in [6, 6.07) is 7.90. The van der Waals surface area contributed by atoms with E-state index >= 15 is 0 Å². The average Bonchev–Trinajstić information content (AvgIpc) is 3.19. The number of morpholine rings is 1. The Bertz CT molecular complexity index is 774. The number of hydrogen-bond acceptors (Lipinski definition) is 5. The molecule has 138 valence electrons. The van der Waals surface area contributed by atoms with Gasteiger partial charge in [-0.1, -0.05) is 35.0 Å². The van der Waals surface area contributed by atoms with Gasteiger partial charge in [0.25, 0.3) is 5.91 Å². The Balaban J connectivity index is 1.46. The Morgan fingerprint density at radius 3 is 2.88 bits per heavy atom. The van der Waals surface area contributed by atoms with E-state index in [1.807, 2.05) is 28.9 Å². The standard InChI is InChI=1S/C18H22ClN5O2/c19-15-4-2-1-3-14(15)17-12-23(9-10-26-17)18(25)16-11-24(22-21-16)13-5-7-20-8-6-13/h1-4,11,13,17,20H,5-10,12H2. The van der Waals surface area contributed by atoms with E-state index in [1.165, 1.54) is 0 Å². The van der Waals surface area contributed by atoms with E-state index < -0.39 is 0 Å². The molecule has 0 spiro atoms. The maximum Gasteiger partial charge on any atom is 0.276 e. The molecule has 8 heteroatoms. The van der Waals surface area contributed by atoms with E-state index in [1.54, 1.807) is 11.1 Å². The molecule has 1 aromatic carbocycles. The van der Waals surface area contributed by atoms with Gasteiger partial charge in [-0.2, -0.15) is 0 Å². The SMILES string of the molecule is O=C(c1cn(C2CCNCC2)nn1)N1CCOC(c2ccccc2Cl)C1. The fraction of sp³-hybridized carbons (Fsp3) is 0.500. The van der Waals surface area contributed by atoms with E-state index in [0.29, 0.717) is 36.5 Å². The lowest BCUT2D eigenvalue weighted by Gasteiger charge is -2.33. The largest absolute Gasteiger partial charge is 0.370 e. The van der Waals surface area contributed by atoms with Gasteiger partial charge in [0.2, 0.25) is 0 Å². The highest BCUT2D eigenvalue weighted by molar-refractivity contribution is 6.31. The van der Waals surface area contributed by atoms with E-state index in [9.17, 15) is 4.79 Å². The fourth-order valence-corrected chi connectivity index (χ4v) is 3.80. The summed E-state index contributed by atoms with van der Waals surface area (Å²) in [5.41, 5.74) is 1.30. The zero-order chi connectivity index (χ0) is 17.9. The second-order valence-electron chi connectivity index (χ2n) is 6.70. The number of halogens is 1. The molecule has 2 saturated heterocycles. The van der Waals surface area contributed by atoms with Crippen LogP contribution in [0.5, 0.6) is 0 Å². The predicted octanol–water partition coefficient (Wildman–Crippen LogP) is 2.07. The first kappa shape index (κ1) is 17.5. The number of hydrogen-bond donors (Lipinski definition) is 1. The number of benzene rings is 1. The van der Waals surface area contributed by atoms with Gasteiger partial charge in [-0.25, -0.2) is 4.68 Å². The Morgan fingerprint density at radius 2 is 2.08 bits per heavy atom. The first-order valence-electron chi connectivity index (χ1n) is 9.00. The van der Waals surface area contributed by atoms with Crippen molar-refractivity contribution in [2.24, 2.45) is 0 Å². The molecule has 2 aromatic rings. The van der Waals surface area contributed by atoms with Crippen LogP contribution in [0, 0.1) is 0 Å². The topological polar surface area (TPSA) is 72.3 Å². The monoisotopic (exact) mass is 375 g/mol. The predicted molar refractivity (Wildman–Crippen MR) is 97.2 cm³/mol. The summed E-state index contributed by atoms with van der Waals surface area (Å²) in [6.45, 7) is 3.42. The molecule has 2 aliphatic heterocycles. The maximum atomic E-state index is 12.9. The van der Waals surface area contributed by atoms with Gasteiger partial charge in [-0.15, -0.1) is 5.10 Å². The lowest BCUT2D eigenvalue weighted by atomic mass is 10.1. The second kappa shape index (κ2) is 7.73. The zero-order valence-electron chi connectivity index (χ0n) is 14.5. The van der Waals surface area contributed by atoms with Crippen LogP contribution in [0.4, 0.5) is 0 Å². The second-order valence-corrected chi connectivity index (χ2v) is 7.10. The van der Waals surface area contributed by atoms with Crippen molar-refractivity contribution in [3.8, 4) is 0 Å². The molecule has 0 bridgehead atoms. The molecular weight excluding hydrogens is 354 g/mol. The zero-order valence-corrected chi connectivity index (χ0v) is 15.2. The number of nitrogens with one attached hydrogen (secondary N) is 1. The quantitative estimate of drug-likeness (QED) is 0.889. The first-order chi connectivity index (χ1) is 12.7. The average molecular weight is 376 g/mol. The van der Waals surface area contributed by atoms with Crippen LogP contribution in [-0.4, -0.2) is 58.6 Å². The van der Waals surface area contributed by atoms with Crippen LogP contribution in [0.3, 0.4) is 0 Å². The smallest absolute Gasteiger partial charge is 0.276 e. The van der Waals surface area contributed by atoms with Gasteiger partial charge in [-0.05, 0) is 32.0 Å². The van der Waals surface area contributed by atoms with Crippen LogP contribution in [0.25, 0.3) is 0 Å². The van der Waals surface area contributed by atoms with Crippen LogP contribution < -0.4 is 5.32 Å². The molecular formula is C18H22ClN5O2. The van der Waals surface area contributed by atoms with Gasteiger partial charge in [0, 0.05) is 17.1 Å². The van der Waals surface area contributed by atoms with E-state index in [0.717, 1.165) is 31.5 Å². The number of carbonyl (C=O) groups excluding carboxylic acids is 1. The molecule has 2 fully saturated rings. The molecule has 0 saturated carbocycles. The highest BCUT2D eigenvalue weighted by Gasteiger charge is 2.29. The van der Waals surface area contributed by atoms with E-state index in [2.05, 4.69) is 15.6 Å². The van der Waals surface area contributed by atoms with Gasteiger partial charge < -0.3 is 15.0 Å². The third-order valence-electron chi connectivity index (χ3n) is 5.02. The number of piperidine rings is 1. The van der Waals surface area contributed by atoms with Crippen LogP contribution in [0.2, 0.25) is 5.02 Å². The summed E-state index contributed by atoms with van der Waals surface area (Å²) in [7, 11) is 0. The minimum Gasteiger partial charge on any atom is -0.370 e. The molecule has 1 unspecified atom stereocenters. The maximum absolute atomic E-state index is 12.9. The summed E-state index contributed by atoms with van der Waals surface area (Å²) in [5.74, 6) is -0.106. The van der Waals surface area contributed by atoms with Gasteiger partial charge >= 0.3 is 0 Å². The van der Waals surface area contributed by atoms with Crippen molar-refractivity contribution >= 4 is 17.5 Å². The number of rotatable bonds is 3. The number of amides is 1. The summed E-state index contributed by atoms with van der Waals surface area (Å²) in [5, 5.41) is 12.3. The summed E-state index contributed by atoms with van der Waals surface area (Å²) < 4.78 is 7.67. The Kier molecular flexibility index (Phi) is 5.19. The van der Waals surface area contributed by atoms with Crippen LogP contribution in [0.15, 0.2) is 30.5 Å². The number of aromatic nitrogens is 3. The van der Waals surface area contributed by atoms with Crippen molar-refractivity contribution in [1.82, 2.24) is 25.2 Å². The van der Waals surface area contributed by atoms with Crippen molar-refractivity contribution < 1.29 is 9.53 Å². The third-order valence-corrected chi connectivity index (χ3v) is 5.36.